The van der Waals surface area contributed by atoms with Crippen LogP contribution in [0.2, 0.25) is 0 Å². The van der Waals surface area contributed by atoms with Crippen LogP contribution >= 0.6 is 0 Å². The maximum atomic E-state index is 14.7. The summed E-state index contributed by atoms with van der Waals surface area (Å²) in [6, 6.07) is 43.9. The Bertz CT molecular complexity index is 2020. The second kappa shape index (κ2) is 21.8. The summed E-state index contributed by atoms with van der Waals surface area (Å²) in [6.07, 6.45) is -9.49. The first-order valence-corrected chi connectivity index (χ1v) is 19.0. The molecule has 0 amide bonds. The summed E-state index contributed by atoms with van der Waals surface area (Å²) >= 11 is 0. The van der Waals surface area contributed by atoms with Crippen molar-refractivity contribution in [3.63, 3.8) is 0 Å². The number of hydrogen-bond donors (Lipinski definition) is 0. The zero-order valence-corrected chi connectivity index (χ0v) is 31.8. The van der Waals surface area contributed by atoms with E-state index in [0.29, 0.717) is 19.4 Å². The second-order valence-corrected chi connectivity index (χ2v) is 13.5. The first kappa shape index (κ1) is 42.1. The van der Waals surface area contributed by atoms with Gasteiger partial charge >= 0.3 is 6.18 Å². The van der Waals surface area contributed by atoms with Gasteiger partial charge in [-0.05, 0) is 58.3 Å². The molecule has 0 radical (unpaired) electrons. The lowest BCUT2D eigenvalue weighted by Crippen LogP contribution is -2.62. The number of rotatable bonds is 19. The number of aliphatic imine (C=N–C) groups is 1. The third-order valence-electron chi connectivity index (χ3n) is 9.31. The summed E-state index contributed by atoms with van der Waals surface area (Å²) < 4.78 is 82.4. The Balaban J connectivity index is 1.31. The minimum Gasteiger partial charge on any atom is -0.441 e. The summed E-state index contributed by atoms with van der Waals surface area (Å²) in [5, 5.41) is 3.59. The first-order valence-electron chi connectivity index (χ1n) is 19.0. The normalized spacial score (nSPS) is 19.6. The van der Waals surface area contributed by atoms with Crippen LogP contribution in [0.1, 0.15) is 27.8 Å². The Morgan fingerprint density at radius 2 is 1.09 bits per heavy atom. The average Bonchev–Trinajstić information content (AvgIpc) is 3.25. The van der Waals surface area contributed by atoms with Gasteiger partial charge in [-0.2, -0.15) is 13.2 Å². The highest BCUT2D eigenvalue weighted by atomic mass is 19.4. The number of halogens is 3. The van der Waals surface area contributed by atoms with Gasteiger partial charge < -0.3 is 28.4 Å². The van der Waals surface area contributed by atoms with Gasteiger partial charge in [0.25, 0.3) is 5.90 Å². The smallest absolute Gasteiger partial charge is 0.441 e. The number of azide groups is 1. The van der Waals surface area contributed by atoms with E-state index in [0.717, 1.165) is 27.8 Å². The summed E-state index contributed by atoms with van der Waals surface area (Å²) in [7, 11) is 0. The molecule has 302 valence electrons. The van der Waals surface area contributed by atoms with Crippen molar-refractivity contribution in [1.82, 2.24) is 0 Å². The molecule has 13 heteroatoms. The monoisotopic (exact) mass is 794 g/mol. The van der Waals surface area contributed by atoms with Crippen LogP contribution in [0, 0.1) is 0 Å². The summed E-state index contributed by atoms with van der Waals surface area (Å²) in [4.78, 5) is 6.66. The summed E-state index contributed by atoms with van der Waals surface area (Å²) in [6.45, 7) is 0.871. The molecular weight excluding hydrogens is 750 g/mol. The van der Waals surface area contributed by atoms with Crippen LogP contribution in [0.3, 0.4) is 0 Å². The molecule has 58 heavy (non-hydrogen) atoms. The third-order valence-corrected chi connectivity index (χ3v) is 9.31. The molecule has 0 spiro atoms. The van der Waals surface area contributed by atoms with Crippen LogP contribution in [-0.4, -0.2) is 62.5 Å². The Hall–Kier alpha value is -5.53. The van der Waals surface area contributed by atoms with Gasteiger partial charge in [-0.15, -0.1) is 0 Å². The largest absolute Gasteiger partial charge is 0.468 e. The third kappa shape index (κ3) is 13.0. The molecule has 0 aliphatic carbocycles. The molecule has 5 atom stereocenters. The van der Waals surface area contributed by atoms with E-state index < -0.39 is 42.8 Å². The van der Waals surface area contributed by atoms with Gasteiger partial charge in [-0.3, -0.25) is 0 Å². The summed E-state index contributed by atoms with van der Waals surface area (Å²) in [5.74, 6) is -1.50. The molecule has 5 aromatic rings. The molecular formula is C45H45F3N4O6. The van der Waals surface area contributed by atoms with Crippen LogP contribution in [0.5, 0.6) is 0 Å². The van der Waals surface area contributed by atoms with Crippen LogP contribution in [-0.2, 0) is 61.1 Å². The fraction of sp³-hybridized carbons (Fsp3) is 0.311. The lowest BCUT2D eigenvalue weighted by Gasteiger charge is -2.45. The molecule has 1 heterocycles. The Morgan fingerprint density at radius 1 is 0.603 bits per heavy atom. The van der Waals surface area contributed by atoms with E-state index in [1.807, 2.05) is 115 Å². The van der Waals surface area contributed by atoms with Crippen molar-refractivity contribution in [2.45, 2.75) is 69.5 Å². The van der Waals surface area contributed by atoms with E-state index in [1.165, 1.54) is 12.1 Å². The molecule has 0 N–H and O–H groups in total. The molecule has 6 rings (SSSR count). The first-order chi connectivity index (χ1) is 28.4. The lowest BCUT2D eigenvalue weighted by atomic mass is 9.97. The number of nitrogens with zero attached hydrogens (tertiary/aromatic N) is 4. The molecule has 0 bridgehead atoms. The molecule has 5 aromatic carbocycles. The van der Waals surface area contributed by atoms with Gasteiger partial charge in [0.1, 0.15) is 24.4 Å². The Morgan fingerprint density at radius 3 is 1.60 bits per heavy atom. The molecule has 1 saturated heterocycles. The minimum atomic E-state index is -4.98. The van der Waals surface area contributed by atoms with Gasteiger partial charge in [-0.1, -0.05) is 139 Å². The maximum absolute atomic E-state index is 14.7. The molecule has 1 aliphatic heterocycles. The van der Waals surface area contributed by atoms with E-state index in [9.17, 15) is 13.2 Å². The second-order valence-electron chi connectivity index (χ2n) is 13.5. The number of ether oxygens (including phenoxy) is 6. The Labute approximate surface area is 335 Å². The van der Waals surface area contributed by atoms with Crippen molar-refractivity contribution in [3.8, 4) is 0 Å². The number of benzene rings is 5. The fourth-order valence-corrected chi connectivity index (χ4v) is 6.35. The van der Waals surface area contributed by atoms with E-state index in [1.54, 1.807) is 18.2 Å². The van der Waals surface area contributed by atoms with E-state index in [4.69, 9.17) is 34.0 Å². The molecule has 10 nitrogen and oxygen atoms in total. The predicted octanol–water partition coefficient (Wildman–Crippen LogP) is 9.89. The number of para-hydroxylation sites is 1. The lowest BCUT2D eigenvalue weighted by molar-refractivity contribution is -0.315. The molecule has 0 aromatic heterocycles. The SMILES string of the molecule is [N-]=[N+]=NCCc1ccc(CCOCC2O[C@@H](OC(=Nc3ccccc3)C(F)(F)F)C(OCc3ccccc3)C(OCc3ccccc3)[C@H]2OCc2ccccc2)cc1. The van der Waals surface area contributed by atoms with Crippen LogP contribution in [0.4, 0.5) is 18.9 Å². The Kier molecular flexibility index (Phi) is 15.9. The van der Waals surface area contributed by atoms with Crippen molar-refractivity contribution in [2.75, 3.05) is 19.8 Å². The maximum Gasteiger partial charge on any atom is 0.468 e. The van der Waals surface area contributed by atoms with Crippen molar-refractivity contribution in [1.29, 1.82) is 0 Å². The van der Waals surface area contributed by atoms with Crippen molar-refractivity contribution in [2.24, 2.45) is 10.1 Å². The van der Waals surface area contributed by atoms with Gasteiger partial charge in [0, 0.05) is 11.5 Å². The highest BCUT2D eigenvalue weighted by Crippen LogP contribution is 2.34. The predicted molar refractivity (Wildman–Crippen MR) is 213 cm³/mol. The van der Waals surface area contributed by atoms with Crippen LogP contribution in [0.15, 0.2) is 156 Å². The van der Waals surface area contributed by atoms with Crippen molar-refractivity contribution >= 4 is 11.6 Å². The van der Waals surface area contributed by atoms with E-state index in [-0.39, 0.29) is 38.7 Å². The van der Waals surface area contributed by atoms with Crippen LogP contribution < -0.4 is 0 Å². The van der Waals surface area contributed by atoms with Crippen LogP contribution in [0.25, 0.3) is 10.4 Å². The summed E-state index contributed by atoms with van der Waals surface area (Å²) in [5.41, 5.74) is 13.2. The standard InChI is InChI=1S/C45H45F3N4O6/c46-45(47,48)44(51-38-19-11-4-12-20-38)58-43-42(56-31-37-17-9-3-10-18-37)41(55-30-36-15-7-2-8-16-36)40(54-29-35-13-5-1-6-14-35)39(57-43)32-53-28-26-34-23-21-33(22-24-34)25-27-50-52-49/h1-24,39-43H,25-32H2/t39?,40-,41?,42?,43-/m0/s1. The molecule has 3 unspecified atom stereocenters. The zero-order chi connectivity index (χ0) is 40.4. The topological polar surface area (TPSA) is 117 Å². The van der Waals surface area contributed by atoms with Gasteiger partial charge in [0.2, 0.25) is 6.29 Å². The van der Waals surface area contributed by atoms with Crippen molar-refractivity contribution in [3.05, 3.63) is 184 Å². The fourth-order valence-electron chi connectivity index (χ4n) is 6.35. The highest BCUT2D eigenvalue weighted by molar-refractivity contribution is 5.84. The molecule has 1 fully saturated rings. The van der Waals surface area contributed by atoms with Crippen molar-refractivity contribution < 1.29 is 41.6 Å². The van der Waals surface area contributed by atoms with Gasteiger partial charge in [0.05, 0.1) is 38.7 Å². The highest BCUT2D eigenvalue weighted by Gasteiger charge is 2.52. The molecule has 1 aliphatic rings. The zero-order valence-electron chi connectivity index (χ0n) is 31.8. The number of hydrogen-bond acceptors (Lipinski definition) is 8. The molecule has 0 saturated carbocycles. The van der Waals surface area contributed by atoms with E-state index >= 15 is 0 Å². The van der Waals surface area contributed by atoms with Gasteiger partial charge in [-0.25, -0.2) is 4.99 Å². The number of alkyl halides is 3. The van der Waals surface area contributed by atoms with E-state index in [2.05, 4.69) is 15.0 Å². The average molecular weight is 795 g/mol. The van der Waals surface area contributed by atoms with Gasteiger partial charge in [0.15, 0.2) is 0 Å². The minimum absolute atomic E-state index is 0.0218. The quantitative estimate of drug-likeness (QED) is 0.0205.